The minimum atomic E-state index is 0.243. The summed E-state index contributed by atoms with van der Waals surface area (Å²) in [6.45, 7) is 7.39. The summed E-state index contributed by atoms with van der Waals surface area (Å²) in [6, 6.07) is 0. The van der Waals surface area contributed by atoms with Gasteiger partial charge in [0.05, 0.1) is 6.42 Å². The van der Waals surface area contributed by atoms with Crippen molar-refractivity contribution in [3.8, 4) is 0 Å². The summed E-state index contributed by atoms with van der Waals surface area (Å²) < 4.78 is 1.88. The van der Waals surface area contributed by atoms with Crippen molar-refractivity contribution in [3.63, 3.8) is 0 Å². The van der Waals surface area contributed by atoms with E-state index in [9.17, 15) is 4.79 Å². The smallest absolute Gasteiger partial charge is 0.143 e. The predicted molar refractivity (Wildman–Crippen MR) is 74.7 cm³/mol. The first-order valence-corrected chi connectivity index (χ1v) is 7.45. The summed E-state index contributed by atoms with van der Waals surface area (Å²) in [6.07, 6.45) is 6.58. The number of ketones is 1. The largest absolute Gasteiger partial charge is 0.299 e. The van der Waals surface area contributed by atoms with Crippen LogP contribution in [0.5, 0.6) is 0 Å². The molecule has 1 aliphatic carbocycles. The molecule has 0 aromatic carbocycles. The Morgan fingerprint density at radius 3 is 2.95 bits per heavy atom. The van der Waals surface area contributed by atoms with E-state index >= 15 is 0 Å². The average molecular weight is 263 g/mol. The van der Waals surface area contributed by atoms with E-state index in [1.54, 1.807) is 6.33 Å². The van der Waals surface area contributed by atoms with Crippen molar-refractivity contribution in [2.45, 2.75) is 59.4 Å². The van der Waals surface area contributed by atoms with E-state index in [1.807, 2.05) is 4.68 Å². The predicted octanol–water partition coefficient (Wildman–Crippen LogP) is 2.87. The molecule has 1 aromatic heterocycles. The van der Waals surface area contributed by atoms with Crippen molar-refractivity contribution >= 4 is 5.78 Å². The Bertz CT molecular complexity index is 425. The van der Waals surface area contributed by atoms with Crippen LogP contribution < -0.4 is 0 Å². The van der Waals surface area contributed by atoms with Crippen LogP contribution in [0.1, 0.15) is 52.3 Å². The van der Waals surface area contributed by atoms with Gasteiger partial charge >= 0.3 is 0 Å². The molecule has 1 saturated carbocycles. The maximum Gasteiger partial charge on any atom is 0.143 e. The summed E-state index contributed by atoms with van der Waals surface area (Å²) in [7, 11) is 0. The summed E-state index contributed by atoms with van der Waals surface area (Å²) in [4.78, 5) is 16.6. The lowest BCUT2D eigenvalue weighted by atomic mass is 9.79. The molecule has 1 aliphatic rings. The van der Waals surface area contributed by atoms with Gasteiger partial charge in [0, 0.05) is 12.5 Å². The van der Waals surface area contributed by atoms with Gasteiger partial charge in [0.15, 0.2) is 0 Å². The van der Waals surface area contributed by atoms with Gasteiger partial charge < -0.3 is 0 Å². The van der Waals surface area contributed by atoms with Gasteiger partial charge in [-0.25, -0.2) is 9.67 Å². The van der Waals surface area contributed by atoms with Crippen molar-refractivity contribution in [2.75, 3.05) is 0 Å². The average Bonchev–Trinajstić information content (AvgIpc) is 2.75. The minimum absolute atomic E-state index is 0.243. The van der Waals surface area contributed by atoms with Gasteiger partial charge in [0.2, 0.25) is 0 Å². The summed E-state index contributed by atoms with van der Waals surface area (Å²) in [5, 5.41) is 4.22. The van der Waals surface area contributed by atoms with Gasteiger partial charge in [-0.3, -0.25) is 4.79 Å². The highest BCUT2D eigenvalue weighted by atomic mass is 16.1. The van der Waals surface area contributed by atoms with Crippen LogP contribution in [0, 0.1) is 17.8 Å². The molecule has 0 bridgehead atoms. The maximum absolute atomic E-state index is 12.4. The standard InChI is InChI=1S/C15H25N3O/c1-11(2)9-18-15(16-10-17-18)8-14(19)13-6-4-5-12(3)7-13/h10-13H,4-9H2,1-3H3. The van der Waals surface area contributed by atoms with Gasteiger partial charge in [-0.1, -0.05) is 33.6 Å². The molecule has 19 heavy (non-hydrogen) atoms. The van der Waals surface area contributed by atoms with Crippen LogP contribution in [0.2, 0.25) is 0 Å². The summed E-state index contributed by atoms with van der Waals surface area (Å²) in [5.41, 5.74) is 0. The lowest BCUT2D eigenvalue weighted by molar-refractivity contribution is -0.123. The number of hydrogen-bond acceptors (Lipinski definition) is 3. The fraction of sp³-hybridized carbons (Fsp3) is 0.800. The molecule has 0 saturated heterocycles. The summed E-state index contributed by atoms with van der Waals surface area (Å²) >= 11 is 0. The maximum atomic E-state index is 12.4. The SMILES string of the molecule is CC(C)Cn1ncnc1CC(=O)C1CCCC(C)C1. The second-order valence-corrected chi connectivity index (χ2v) is 6.36. The van der Waals surface area contributed by atoms with E-state index in [2.05, 4.69) is 30.9 Å². The van der Waals surface area contributed by atoms with E-state index in [0.29, 0.717) is 24.0 Å². The second kappa shape index (κ2) is 6.31. The van der Waals surface area contributed by atoms with Crippen LogP contribution in [-0.2, 0) is 17.8 Å². The molecule has 0 aliphatic heterocycles. The lowest BCUT2D eigenvalue weighted by Gasteiger charge is -2.25. The molecule has 106 valence electrons. The molecule has 2 unspecified atom stereocenters. The molecule has 4 nitrogen and oxygen atoms in total. The molecule has 0 radical (unpaired) electrons. The monoisotopic (exact) mass is 263 g/mol. The van der Waals surface area contributed by atoms with Crippen LogP contribution in [-0.4, -0.2) is 20.5 Å². The van der Waals surface area contributed by atoms with E-state index in [4.69, 9.17) is 0 Å². The van der Waals surface area contributed by atoms with Crippen LogP contribution >= 0.6 is 0 Å². The third-order valence-corrected chi connectivity index (χ3v) is 3.96. The Morgan fingerprint density at radius 2 is 2.26 bits per heavy atom. The molecule has 1 aromatic rings. The molecule has 2 rings (SSSR count). The Balaban J connectivity index is 1.96. The normalized spacial score (nSPS) is 23.8. The molecule has 1 fully saturated rings. The van der Waals surface area contributed by atoms with Gasteiger partial charge in [-0.15, -0.1) is 0 Å². The molecule has 1 heterocycles. The quantitative estimate of drug-likeness (QED) is 0.820. The van der Waals surface area contributed by atoms with Crippen molar-refractivity contribution in [1.82, 2.24) is 14.8 Å². The molecule has 2 atom stereocenters. The van der Waals surface area contributed by atoms with Crippen LogP contribution in [0.4, 0.5) is 0 Å². The molecule has 0 N–H and O–H groups in total. The van der Waals surface area contributed by atoms with Crippen LogP contribution in [0.25, 0.3) is 0 Å². The Morgan fingerprint density at radius 1 is 1.47 bits per heavy atom. The highest BCUT2D eigenvalue weighted by molar-refractivity contribution is 5.82. The Kier molecular flexibility index (Phi) is 4.72. The number of aromatic nitrogens is 3. The second-order valence-electron chi connectivity index (χ2n) is 6.36. The number of carbonyl (C=O) groups is 1. The van der Waals surface area contributed by atoms with Gasteiger partial charge in [0.25, 0.3) is 0 Å². The van der Waals surface area contributed by atoms with Crippen molar-refractivity contribution in [1.29, 1.82) is 0 Å². The number of rotatable bonds is 5. The first-order chi connectivity index (χ1) is 9.06. The number of hydrogen-bond donors (Lipinski definition) is 0. The number of carbonyl (C=O) groups excluding carboxylic acids is 1. The molecular formula is C15H25N3O. The Labute approximate surface area is 115 Å². The van der Waals surface area contributed by atoms with Crippen molar-refractivity contribution < 1.29 is 4.79 Å². The third kappa shape index (κ3) is 3.88. The lowest BCUT2D eigenvalue weighted by Crippen LogP contribution is -2.24. The zero-order valence-corrected chi connectivity index (χ0v) is 12.3. The van der Waals surface area contributed by atoms with E-state index < -0.39 is 0 Å². The van der Waals surface area contributed by atoms with Crippen LogP contribution in [0.3, 0.4) is 0 Å². The van der Waals surface area contributed by atoms with E-state index in [0.717, 1.165) is 25.2 Å². The topological polar surface area (TPSA) is 47.8 Å². The first kappa shape index (κ1) is 14.2. The molecular weight excluding hydrogens is 238 g/mol. The zero-order valence-electron chi connectivity index (χ0n) is 12.3. The van der Waals surface area contributed by atoms with Crippen LogP contribution in [0.15, 0.2) is 6.33 Å². The van der Waals surface area contributed by atoms with E-state index in [-0.39, 0.29) is 5.92 Å². The third-order valence-electron chi connectivity index (χ3n) is 3.96. The van der Waals surface area contributed by atoms with Crippen molar-refractivity contribution in [3.05, 3.63) is 12.2 Å². The van der Waals surface area contributed by atoms with Gasteiger partial charge in [-0.2, -0.15) is 5.10 Å². The van der Waals surface area contributed by atoms with Crippen molar-refractivity contribution in [2.24, 2.45) is 17.8 Å². The first-order valence-electron chi connectivity index (χ1n) is 7.45. The summed E-state index contributed by atoms with van der Waals surface area (Å²) in [5.74, 6) is 2.64. The number of nitrogens with zero attached hydrogens (tertiary/aromatic N) is 3. The highest BCUT2D eigenvalue weighted by Gasteiger charge is 2.26. The molecule has 0 amide bonds. The minimum Gasteiger partial charge on any atom is -0.299 e. The number of Topliss-reactive ketones (excluding diaryl/α,β-unsaturated/α-hetero) is 1. The zero-order chi connectivity index (χ0) is 13.8. The van der Waals surface area contributed by atoms with Gasteiger partial charge in [-0.05, 0) is 24.7 Å². The molecule has 4 heteroatoms. The van der Waals surface area contributed by atoms with Gasteiger partial charge in [0.1, 0.15) is 17.9 Å². The fourth-order valence-electron chi connectivity index (χ4n) is 2.95. The molecule has 0 spiro atoms. The highest BCUT2D eigenvalue weighted by Crippen LogP contribution is 2.29. The van der Waals surface area contributed by atoms with E-state index in [1.165, 1.54) is 12.8 Å². The fourth-order valence-corrected chi connectivity index (χ4v) is 2.95. The Hall–Kier alpha value is -1.19.